The molecule has 2 aromatic rings. The number of amides is 2. The van der Waals surface area contributed by atoms with Gasteiger partial charge in [-0.15, -0.1) is 10.2 Å². The van der Waals surface area contributed by atoms with Gasteiger partial charge in [0.25, 0.3) is 0 Å². The van der Waals surface area contributed by atoms with Crippen LogP contribution in [0.4, 0.5) is 0 Å². The van der Waals surface area contributed by atoms with Crippen molar-refractivity contribution in [3.8, 4) is 11.4 Å². The Morgan fingerprint density at radius 1 is 1.19 bits per heavy atom. The van der Waals surface area contributed by atoms with Gasteiger partial charge in [-0.2, -0.15) is 0 Å². The fraction of sp³-hybridized carbons (Fsp3) is 0.444. The van der Waals surface area contributed by atoms with Gasteiger partial charge in [0, 0.05) is 18.7 Å². The Labute approximate surface area is 152 Å². The maximum atomic E-state index is 12.4. The maximum Gasteiger partial charge on any atom is 0.242 e. The fourth-order valence-electron chi connectivity index (χ4n) is 2.87. The van der Waals surface area contributed by atoms with Gasteiger partial charge in [0.2, 0.25) is 11.8 Å². The number of rotatable bonds is 5. The van der Waals surface area contributed by atoms with Crippen molar-refractivity contribution >= 4 is 11.8 Å². The molecule has 1 aliphatic rings. The van der Waals surface area contributed by atoms with Gasteiger partial charge in [-0.05, 0) is 5.92 Å². The van der Waals surface area contributed by atoms with E-state index in [4.69, 9.17) is 5.73 Å². The Bertz CT molecular complexity index is 786. The summed E-state index contributed by atoms with van der Waals surface area (Å²) in [6.07, 6.45) is 0. The molecule has 26 heavy (non-hydrogen) atoms. The summed E-state index contributed by atoms with van der Waals surface area (Å²) in [5.74, 6) is 1.12. The highest BCUT2D eigenvalue weighted by atomic mass is 16.2. The summed E-state index contributed by atoms with van der Waals surface area (Å²) in [6.45, 7) is 5.24. The first-order valence-electron chi connectivity index (χ1n) is 8.76. The number of nitrogens with two attached hydrogens (primary N) is 1. The fourth-order valence-corrected chi connectivity index (χ4v) is 2.87. The first kappa shape index (κ1) is 18.1. The van der Waals surface area contributed by atoms with Crippen molar-refractivity contribution in [1.82, 2.24) is 25.0 Å². The molecule has 0 aliphatic carbocycles. The number of benzene rings is 1. The Kier molecular flexibility index (Phi) is 5.32. The summed E-state index contributed by atoms with van der Waals surface area (Å²) in [7, 11) is 0. The van der Waals surface area contributed by atoms with E-state index in [0.717, 1.165) is 17.2 Å². The highest BCUT2D eigenvalue weighted by molar-refractivity contribution is 5.87. The van der Waals surface area contributed by atoms with Crippen LogP contribution in [-0.2, 0) is 22.7 Å². The molecule has 0 bridgehead atoms. The Hall–Kier alpha value is -2.74. The first-order chi connectivity index (χ1) is 12.5. The highest BCUT2D eigenvalue weighted by Crippen LogP contribution is 2.21. The number of hydrogen-bond acceptors (Lipinski definition) is 5. The van der Waals surface area contributed by atoms with Crippen LogP contribution in [0.1, 0.15) is 19.7 Å². The van der Waals surface area contributed by atoms with Crippen LogP contribution in [0.5, 0.6) is 0 Å². The molecule has 1 aromatic heterocycles. The Morgan fingerprint density at radius 3 is 2.62 bits per heavy atom. The van der Waals surface area contributed by atoms with Crippen LogP contribution in [0.2, 0.25) is 0 Å². The lowest BCUT2D eigenvalue weighted by molar-refractivity contribution is -0.134. The molecule has 0 spiro atoms. The van der Waals surface area contributed by atoms with E-state index in [0.29, 0.717) is 19.6 Å². The van der Waals surface area contributed by atoms with E-state index < -0.39 is 6.04 Å². The average molecular weight is 356 g/mol. The number of nitrogens with one attached hydrogen (secondary N) is 1. The van der Waals surface area contributed by atoms with Crippen molar-refractivity contribution in [3.05, 3.63) is 36.2 Å². The third-order valence-electron chi connectivity index (χ3n) is 4.57. The predicted molar refractivity (Wildman–Crippen MR) is 96.7 cm³/mol. The zero-order chi connectivity index (χ0) is 18.7. The normalized spacial score (nSPS) is 14.8. The minimum atomic E-state index is -0.610. The van der Waals surface area contributed by atoms with Crippen LogP contribution in [0.15, 0.2) is 30.3 Å². The lowest BCUT2D eigenvalue weighted by Crippen LogP contribution is -2.49. The van der Waals surface area contributed by atoms with Crippen molar-refractivity contribution in [2.45, 2.75) is 33.0 Å². The molecule has 0 saturated carbocycles. The van der Waals surface area contributed by atoms with Crippen LogP contribution in [0, 0.1) is 5.92 Å². The molecular formula is C18H24N6O2. The number of carbonyl (C=O) groups excluding carboxylic acids is 2. The van der Waals surface area contributed by atoms with E-state index in [-0.39, 0.29) is 24.3 Å². The maximum absolute atomic E-state index is 12.4. The summed E-state index contributed by atoms with van der Waals surface area (Å²) >= 11 is 0. The van der Waals surface area contributed by atoms with Crippen LogP contribution in [-0.4, -0.2) is 50.6 Å². The van der Waals surface area contributed by atoms with Crippen molar-refractivity contribution < 1.29 is 9.59 Å². The molecule has 0 saturated heterocycles. The minimum absolute atomic E-state index is 0.0232. The molecule has 1 aromatic carbocycles. The summed E-state index contributed by atoms with van der Waals surface area (Å²) in [5.41, 5.74) is 6.79. The molecule has 0 fully saturated rings. The zero-order valence-corrected chi connectivity index (χ0v) is 15.1. The molecule has 8 heteroatoms. The van der Waals surface area contributed by atoms with Crippen molar-refractivity contribution in [3.63, 3.8) is 0 Å². The molecule has 1 aliphatic heterocycles. The van der Waals surface area contributed by atoms with E-state index in [1.165, 1.54) is 0 Å². The van der Waals surface area contributed by atoms with E-state index in [2.05, 4.69) is 15.5 Å². The van der Waals surface area contributed by atoms with Gasteiger partial charge in [0.1, 0.15) is 0 Å². The second-order valence-corrected chi connectivity index (χ2v) is 6.76. The monoisotopic (exact) mass is 356 g/mol. The minimum Gasteiger partial charge on any atom is -0.346 e. The van der Waals surface area contributed by atoms with E-state index in [9.17, 15) is 9.59 Å². The van der Waals surface area contributed by atoms with Crippen LogP contribution in [0.25, 0.3) is 11.4 Å². The molecule has 0 unspecified atom stereocenters. The molecule has 8 nitrogen and oxygen atoms in total. The van der Waals surface area contributed by atoms with E-state index in [1.54, 1.807) is 4.90 Å². The van der Waals surface area contributed by atoms with Crippen molar-refractivity contribution in [2.24, 2.45) is 11.7 Å². The van der Waals surface area contributed by atoms with Gasteiger partial charge in [-0.25, -0.2) is 0 Å². The van der Waals surface area contributed by atoms with Crippen LogP contribution in [0.3, 0.4) is 0 Å². The summed E-state index contributed by atoms with van der Waals surface area (Å²) in [6, 6.07) is 9.24. The smallest absolute Gasteiger partial charge is 0.242 e. The summed E-state index contributed by atoms with van der Waals surface area (Å²) in [4.78, 5) is 26.0. The van der Waals surface area contributed by atoms with Gasteiger partial charge in [-0.3, -0.25) is 9.59 Å². The molecule has 2 heterocycles. The standard InChI is InChI=1S/C18H24N6O2/c1-12(2)16(19)18(26)20-10-15(25)23-8-9-24-14(11-23)21-22-17(24)13-6-4-3-5-7-13/h3-7,12,16H,8-11,19H2,1-2H3,(H,20,26)/t16-/m0/s1. The van der Waals surface area contributed by atoms with Gasteiger partial charge in [-0.1, -0.05) is 44.2 Å². The highest BCUT2D eigenvalue weighted by Gasteiger charge is 2.25. The van der Waals surface area contributed by atoms with Gasteiger partial charge in [0.15, 0.2) is 11.6 Å². The summed E-state index contributed by atoms with van der Waals surface area (Å²) < 4.78 is 2.03. The molecule has 2 amide bonds. The Balaban J connectivity index is 1.61. The molecule has 0 radical (unpaired) electrons. The van der Waals surface area contributed by atoms with E-state index in [1.807, 2.05) is 48.7 Å². The van der Waals surface area contributed by atoms with Crippen LogP contribution >= 0.6 is 0 Å². The largest absolute Gasteiger partial charge is 0.346 e. The molecule has 138 valence electrons. The first-order valence-corrected chi connectivity index (χ1v) is 8.76. The second-order valence-electron chi connectivity index (χ2n) is 6.76. The quantitative estimate of drug-likeness (QED) is 0.806. The topological polar surface area (TPSA) is 106 Å². The van der Waals surface area contributed by atoms with Crippen molar-refractivity contribution in [2.75, 3.05) is 13.1 Å². The Morgan fingerprint density at radius 2 is 1.92 bits per heavy atom. The molecule has 3 rings (SSSR count). The number of aromatic nitrogens is 3. The number of fused-ring (bicyclic) bond motifs is 1. The lowest BCUT2D eigenvalue weighted by atomic mass is 10.1. The molecule has 1 atom stereocenters. The predicted octanol–water partition coefficient (Wildman–Crippen LogP) is 0.387. The van der Waals surface area contributed by atoms with E-state index >= 15 is 0 Å². The number of nitrogens with zero attached hydrogens (tertiary/aromatic N) is 4. The third kappa shape index (κ3) is 3.75. The van der Waals surface area contributed by atoms with Gasteiger partial charge in [0.05, 0.1) is 19.1 Å². The second kappa shape index (κ2) is 7.65. The number of hydrogen-bond donors (Lipinski definition) is 2. The SMILES string of the molecule is CC(C)[C@H](N)C(=O)NCC(=O)N1CCn2c(nnc2-c2ccccc2)C1. The van der Waals surface area contributed by atoms with Gasteiger partial charge >= 0.3 is 0 Å². The average Bonchev–Trinajstić information content (AvgIpc) is 3.08. The third-order valence-corrected chi connectivity index (χ3v) is 4.57. The van der Waals surface area contributed by atoms with Crippen molar-refractivity contribution in [1.29, 1.82) is 0 Å². The molecule has 3 N–H and O–H groups in total. The number of carbonyl (C=O) groups is 2. The molecular weight excluding hydrogens is 332 g/mol. The van der Waals surface area contributed by atoms with Gasteiger partial charge < -0.3 is 20.5 Å². The zero-order valence-electron chi connectivity index (χ0n) is 15.1. The summed E-state index contributed by atoms with van der Waals surface area (Å²) in [5, 5.41) is 11.1. The van der Waals surface area contributed by atoms with Crippen LogP contribution < -0.4 is 11.1 Å². The lowest BCUT2D eigenvalue weighted by Gasteiger charge is -2.28.